The number of amides is 1. The van der Waals surface area contributed by atoms with Gasteiger partial charge < -0.3 is 9.47 Å². The Bertz CT molecular complexity index is 572. The third kappa shape index (κ3) is 4.65. The van der Waals surface area contributed by atoms with Gasteiger partial charge in [0.1, 0.15) is 5.82 Å². The van der Waals surface area contributed by atoms with Crippen LogP contribution in [0.4, 0.5) is 0 Å². The average Bonchev–Trinajstić information content (AvgIpc) is 3.22. The maximum Gasteiger partial charge on any atom is 0.222 e. The van der Waals surface area contributed by atoms with Crippen LogP contribution in [0.3, 0.4) is 0 Å². The summed E-state index contributed by atoms with van der Waals surface area (Å²) in [7, 11) is 0. The van der Waals surface area contributed by atoms with Crippen molar-refractivity contribution >= 4 is 5.91 Å². The van der Waals surface area contributed by atoms with Crippen LogP contribution in [0.1, 0.15) is 82.8 Å². The van der Waals surface area contributed by atoms with Crippen molar-refractivity contribution in [3.63, 3.8) is 0 Å². The fourth-order valence-electron chi connectivity index (χ4n) is 4.85. The minimum atomic E-state index is 0.389. The van der Waals surface area contributed by atoms with Gasteiger partial charge in [0, 0.05) is 43.9 Å². The number of piperidine rings is 1. The standard InChI is InChI=1S/C21H35N3O/c1-16(2)24-17(3)14-22-20(24)13-19-9-6-12-23(15-19)21(25)11-10-18-7-4-5-8-18/h14,16,18-19H,4-13,15H2,1-3H3. The van der Waals surface area contributed by atoms with E-state index < -0.39 is 0 Å². The van der Waals surface area contributed by atoms with E-state index in [0.29, 0.717) is 17.9 Å². The molecule has 0 radical (unpaired) electrons. The van der Waals surface area contributed by atoms with Gasteiger partial charge >= 0.3 is 0 Å². The van der Waals surface area contributed by atoms with Gasteiger partial charge in [0.15, 0.2) is 0 Å². The van der Waals surface area contributed by atoms with Crippen molar-refractivity contribution in [2.75, 3.05) is 13.1 Å². The van der Waals surface area contributed by atoms with Gasteiger partial charge in [-0.15, -0.1) is 0 Å². The molecular formula is C21H35N3O. The first kappa shape index (κ1) is 18.5. The molecular weight excluding hydrogens is 310 g/mol. The minimum Gasteiger partial charge on any atom is -0.342 e. The second-order valence-corrected chi connectivity index (χ2v) is 8.52. The Balaban J connectivity index is 1.53. The number of aryl methyl sites for hydroxylation is 1. The van der Waals surface area contributed by atoms with Crippen molar-refractivity contribution < 1.29 is 4.79 Å². The molecule has 25 heavy (non-hydrogen) atoms. The third-order valence-corrected chi connectivity index (χ3v) is 6.16. The minimum absolute atomic E-state index is 0.389. The van der Waals surface area contributed by atoms with E-state index in [2.05, 4.69) is 35.2 Å². The molecule has 1 atom stereocenters. The Kier molecular flexibility index (Phi) is 6.19. The Labute approximate surface area is 153 Å². The largest absolute Gasteiger partial charge is 0.342 e. The molecule has 2 aliphatic rings. The molecule has 140 valence electrons. The van der Waals surface area contributed by atoms with Crippen LogP contribution in [0.25, 0.3) is 0 Å². The number of aromatic nitrogens is 2. The number of hydrogen-bond donors (Lipinski definition) is 0. The molecule has 1 amide bonds. The number of nitrogens with zero attached hydrogens (tertiary/aromatic N) is 3. The van der Waals surface area contributed by atoms with E-state index in [4.69, 9.17) is 0 Å². The molecule has 0 spiro atoms. The lowest BCUT2D eigenvalue weighted by molar-refractivity contribution is -0.133. The fraction of sp³-hybridized carbons (Fsp3) is 0.810. The number of hydrogen-bond acceptors (Lipinski definition) is 2. The zero-order chi connectivity index (χ0) is 17.8. The van der Waals surface area contributed by atoms with Crippen LogP contribution in [-0.2, 0) is 11.2 Å². The summed E-state index contributed by atoms with van der Waals surface area (Å²) in [5.74, 6) is 2.95. The van der Waals surface area contributed by atoms with Crippen molar-refractivity contribution in [3.05, 3.63) is 17.7 Å². The highest BCUT2D eigenvalue weighted by atomic mass is 16.2. The molecule has 4 heteroatoms. The molecule has 0 aromatic carbocycles. The molecule has 1 unspecified atom stereocenters. The van der Waals surface area contributed by atoms with Gasteiger partial charge in [-0.3, -0.25) is 4.79 Å². The van der Waals surface area contributed by atoms with Crippen molar-refractivity contribution in [1.29, 1.82) is 0 Å². The summed E-state index contributed by atoms with van der Waals surface area (Å²) in [6.45, 7) is 8.46. The fourth-order valence-corrected chi connectivity index (χ4v) is 4.85. The molecule has 2 heterocycles. The number of rotatable bonds is 6. The van der Waals surface area contributed by atoms with Crippen molar-refractivity contribution in [2.24, 2.45) is 11.8 Å². The zero-order valence-electron chi connectivity index (χ0n) is 16.3. The molecule has 0 bridgehead atoms. The van der Waals surface area contributed by atoms with Crippen LogP contribution >= 0.6 is 0 Å². The molecule has 2 fully saturated rings. The Morgan fingerprint density at radius 2 is 1.92 bits per heavy atom. The van der Waals surface area contributed by atoms with Crippen LogP contribution in [0.15, 0.2) is 6.20 Å². The van der Waals surface area contributed by atoms with Crippen molar-refractivity contribution in [1.82, 2.24) is 14.5 Å². The molecule has 1 aromatic heterocycles. The van der Waals surface area contributed by atoms with E-state index in [1.165, 1.54) is 43.6 Å². The van der Waals surface area contributed by atoms with Crippen LogP contribution < -0.4 is 0 Å². The molecule has 3 rings (SSSR count). The quantitative estimate of drug-likeness (QED) is 0.760. The number of imidazole rings is 1. The highest BCUT2D eigenvalue weighted by Gasteiger charge is 2.26. The monoisotopic (exact) mass is 345 g/mol. The van der Waals surface area contributed by atoms with Gasteiger partial charge in [0.2, 0.25) is 5.91 Å². The topological polar surface area (TPSA) is 38.1 Å². The van der Waals surface area contributed by atoms with Crippen molar-refractivity contribution in [2.45, 2.75) is 84.6 Å². The normalized spacial score (nSPS) is 22.1. The van der Waals surface area contributed by atoms with Gasteiger partial charge in [0.05, 0.1) is 0 Å². The lowest BCUT2D eigenvalue weighted by atomic mass is 9.93. The first-order valence-electron chi connectivity index (χ1n) is 10.3. The molecule has 4 nitrogen and oxygen atoms in total. The second-order valence-electron chi connectivity index (χ2n) is 8.52. The predicted octanol–water partition coefficient (Wildman–Crippen LogP) is 4.52. The Morgan fingerprint density at radius 1 is 1.20 bits per heavy atom. The van der Waals surface area contributed by atoms with Crippen LogP contribution in [0, 0.1) is 18.8 Å². The lowest BCUT2D eigenvalue weighted by Crippen LogP contribution is -2.40. The zero-order valence-corrected chi connectivity index (χ0v) is 16.3. The molecule has 1 aliphatic heterocycles. The summed E-state index contributed by atoms with van der Waals surface area (Å²) in [5.41, 5.74) is 1.24. The predicted molar refractivity (Wildman–Crippen MR) is 102 cm³/mol. The highest BCUT2D eigenvalue weighted by molar-refractivity contribution is 5.76. The van der Waals surface area contributed by atoms with Crippen LogP contribution in [0.2, 0.25) is 0 Å². The van der Waals surface area contributed by atoms with E-state index >= 15 is 0 Å². The summed E-state index contributed by atoms with van der Waals surface area (Å²) in [6, 6.07) is 0.449. The number of carbonyl (C=O) groups excluding carboxylic acids is 1. The van der Waals surface area contributed by atoms with E-state index in [1.54, 1.807) is 0 Å². The Morgan fingerprint density at radius 3 is 2.64 bits per heavy atom. The molecule has 1 saturated heterocycles. The highest BCUT2D eigenvalue weighted by Crippen LogP contribution is 2.29. The summed E-state index contributed by atoms with van der Waals surface area (Å²) in [5, 5.41) is 0. The lowest BCUT2D eigenvalue weighted by Gasteiger charge is -2.33. The smallest absolute Gasteiger partial charge is 0.222 e. The van der Waals surface area contributed by atoms with Gasteiger partial charge in [-0.25, -0.2) is 4.98 Å². The third-order valence-electron chi connectivity index (χ3n) is 6.16. The van der Waals surface area contributed by atoms with Crippen LogP contribution in [0.5, 0.6) is 0 Å². The van der Waals surface area contributed by atoms with Crippen LogP contribution in [-0.4, -0.2) is 33.4 Å². The van der Waals surface area contributed by atoms with Gasteiger partial charge in [-0.05, 0) is 51.9 Å². The Hall–Kier alpha value is -1.32. The molecule has 0 N–H and O–H groups in total. The van der Waals surface area contributed by atoms with E-state index in [0.717, 1.165) is 44.7 Å². The molecule has 1 saturated carbocycles. The first-order chi connectivity index (χ1) is 12.0. The van der Waals surface area contributed by atoms with Gasteiger partial charge in [-0.1, -0.05) is 25.7 Å². The second kappa shape index (κ2) is 8.37. The molecule has 1 aliphatic carbocycles. The summed E-state index contributed by atoms with van der Waals surface area (Å²) in [6.07, 6.45) is 12.6. The van der Waals surface area contributed by atoms with Gasteiger partial charge in [-0.2, -0.15) is 0 Å². The first-order valence-corrected chi connectivity index (χ1v) is 10.3. The average molecular weight is 346 g/mol. The maximum absolute atomic E-state index is 12.6. The number of carbonyl (C=O) groups is 1. The van der Waals surface area contributed by atoms with E-state index in [9.17, 15) is 4.79 Å². The number of likely N-dealkylation sites (tertiary alicyclic amines) is 1. The van der Waals surface area contributed by atoms with E-state index in [-0.39, 0.29) is 0 Å². The maximum atomic E-state index is 12.6. The summed E-state index contributed by atoms with van der Waals surface area (Å²) in [4.78, 5) is 19.4. The van der Waals surface area contributed by atoms with Gasteiger partial charge in [0.25, 0.3) is 0 Å². The molecule has 1 aromatic rings. The SMILES string of the molecule is Cc1cnc(CC2CCCN(C(=O)CCC3CCCC3)C2)n1C(C)C. The summed E-state index contributed by atoms with van der Waals surface area (Å²) < 4.78 is 2.35. The van der Waals surface area contributed by atoms with Crippen molar-refractivity contribution in [3.8, 4) is 0 Å². The van der Waals surface area contributed by atoms with E-state index in [1.807, 2.05) is 6.20 Å². The summed E-state index contributed by atoms with van der Waals surface area (Å²) >= 11 is 0.